The molecule has 1 aliphatic carbocycles. The number of amides is 1. The average molecular weight is 310 g/mol. The minimum atomic E-state index is 0.279. The summed E-state index contributed by atoms with van der Waals surface area (Å²) >= 11 is 0. The zero-order valence-electron chi connectivity index (χ0n) is 13.9. The van der Waals surface area contributed by atoms with E-state index in [-0.39, 0.29) is 5.91 Å². The van der Waals surface area contributed by atoms with Crippen molar-refractivity contribution in [1.82, 2.24) is 9.80 Å². The third kappa shape index (κ3) is 4.32. The molecule has 1 aromatic rings. The minimum absolute atomic E-state index is 0.279. The first kappa shape index (κ1) is 16.0. The maximum Gasteiger partial charge on any atom is 0.222 e. The summed E-state index contributed by atoms with van der Waals surface area (Å²) in [6, 6.07) is 11.1. The van der Waals surface area contributed by atoms with Crippen molar-refractivity contribution in [2.45, 2.75) is 31.8 Å². The van der Waals surface area contributed by atoms with Gasteiger partial charge >= 0.3 is 0 Å². The molecule has 23 heavy (non-hydrogen) atoms. The smallest absolute Gasteiger partial charge is 0.222 e. The van der Waals surface area contributed by atoms with Crippen LogP contribution in [-0.4, -0.2) is 41.9 Å². The van der Waals surface area contributed by atoms with Crippen LogP contribution in [-0.2, 0) is 11.3 Å². The molecule has 122 valence electrons. The summed E-state index contributed by atoms with van der Waals surface area (Å²) in [5.74, 6) is 0.855. The number of carbonyl (C=O) groups is 1. The zero-order chi connectivity index (χ0) is 16.1. The quantitative estimate of drug-likeness (QED) is 0.833. The molecular formula is C20H26N2O. The van der Waals surface area contributed by atoms with E-state index < -0.39 is 0 Å². The Labute approximate surface area is 139 Å². The Morgan fingerprint density at radius 3 is 2.74 bits per heavy atom. The van der Waals surface area contributed by atoms with Crippen molar-refractivity contribution in [2.24, 2.45) is 5.92 Å². The number of hydrogen-bond acceptors (Lipinski definition) is 2. The van der Waals surface area contributed by atoms with Gasteiger partial charge < -0.3 is 4.90 Å². The van der Waals surface area contributed by atoms with Gasteiger partial charge in [-0.1, -0.05) is 54.6 Å². The first-order valence-corrected chi connectivity index (χ1v) is 8.57. The number of nitrogens with zero attached hydrogens (tertiary/aromatic N) is 2. The predicted molar refractivity (Wildman–Crippen MR) is 93.9 cm³/mol. The molecule has 3 rings (SSSR count). The van der Waals surface area contributed by atoms with Crippen LogP contribution in [0.3, 0.4) is 0 Å². The Bertz CT molecular complexity index is 579. The van der Waals surface area contributed by atoms with Gasteiger partial charge in [0.15, 0.2) is 0 Å². The lowest BCUT2D eigenvalue weighted by Gasteiger charge is -2.39. The van der Waals surface area contributed by atoms with Crippen molar-refractivity contribution in [3.8, 4) is 0 Å². The van der Waals surface area contributed by atoms with E-state index >= 15 is 0 Å². The molecule has 2 atom stereocenters. The van der Waals surface area contributed by atoms with Crippen LogP contribution >= 0.6 is 0 Å². The van der Waals surface area contributed by atoms with Gasteiger partial charge in [-0.3, -0.25) is 9.69 Å². The molecule has 1 aliphatic heterocycles. The van der Waals surface area contributed by atoms with Crippen molar-refractivity contribution in [3.63, 3.8) is 0 Å². The number of likely N-dealkylation sites (N-methyl/N-ethyl adjacent to an activating group) is 1. The van der Waals surface area contributed by atoms with Crippen LogP contribution in [0.1, 0.15) is 24.8 Å². The van der Waals surface area contributed by atoms with Gasteiger partial charge in [0.05, 0.1) is 0 Å². The van der Waals surface area contributed by atoms with Gasteiger partial charge in [0.25, 0.3) is 0 Å². The molecule has 1 aromatic carbocycles. The molecule has 1 unspecified atom stereocenters. The van der Waals surface area contributed by atoms with Gasteiger partial charge in [-0.25, -0.2) is 0 Å². The van der Waals surface area contributed by atoms with Crippen LogP contribution in [0.5, 0.6) is 0 Å². The molecular weight excluding hydrogens is 284 g/mol. The van der Waals surface area contributed by atoms with E-state index in [1.165, 1.54) is 5.56 Å². The van der Waals surface area contributed by atoms with E-state index in [9.17, 15) is 4.79 Å². The lowest BCUT2D eigenvalue weighted by atomic mass is 9.97. The fraction of sp³-hybridized carbons (Fsp3) is 0.450. The van der Waals surface area contributed by atoms with Crippen molar-refractivity contribution in [2.75, 3.05) is 20.1 Å². The van der Waals surface area contributed by atoms with Crippen molar-refractivity contribution < 1.29 is 4.79 Å². The Balaban J connectivity index is 1.71. The highest BCUT2D eigenvalue weighted by Crippen LogP contribution is 2.22. The Hall–Kier alpha value is -1.87. The highest BCUT2D eigenvalue weighted by Gasteiger charge is 2.28. The molecule has 2 aliphatic rings. The summed E-state index contributed by atoms with van der Waals surface area (Å²) in [6.45, 7) is 2.86. The standard InChI is InChI=1S/C20H26N2O/c1-21-16-19(12-13-20(21)23)22(14-17-8-4-2-5-9-17)15-18-10-6-3-7-11-18/h2-10,18-19H,11-16H2,1H3/t18?,19-/m0/s1. The van der Waals surface area contributed by atoms with Crippen molar-refractivity contribution >= 4 is 5.91 Å². The molecule has 1 fully saturated rings. The lowest BCUT2D eigenvalue weighted by molar-refractivity contribution is -0.133. The molecule has 3 nitrogen and oxygen atoms in total. The number of hydrogen-bond donors (Lipinski definition) is 0. The van der Waals surface area contributed by atoms with Gasteiger partial charge in [0, 0.05) is 39.1 Å². The number of likely N-dealkylation sites (tertiary alicyclic amines) is 1. The van der Waals surface area contributed by atoms with E-state index in [1.807, 2.05) is 11.9 Å². The lowest BCUT2D eigenvalue weighted by Crippen LogP contribution is -2.49. The van der Waals surface area contributed by atoms with E-state index in [0.29, 0.717) is 18.4 Å². The maximum absolute atomic E-state index is 11.8. The number of piperidine rings is 1. The SMILES string of the molecule is CN1C[C@@H](N(Cc2ccccc2)CC2C=CC=CC2)CCC1=O. The Morgan fingerprint density at radius 2 is 2.04 bits per heavy atom. The molecule has 1 amide bonds. The Kier molecular flexibility index (Phi) is 5.29. The molecule has 1 saturated heterocycles. The number of allylic oxidation sites excluding steroid dienone is 3. The largest absolute Gasteiger partial charge is 0.344 e. The average Bonchev–Trinajstić information content (AvgIpc) is 2.59. The van der Waals surface area contributed by atoms with Crippen LogP contribution < -0.4 is 0 Å². The first-order valence-electron chi connectivity index (χ1n) is 8.57. The van der Waals surface area contributed by atoms with Crippen LogP contribution in [0.25, 0.3) is 0 Å². The summed E-state index contributed by atoms with van der Waals surface area (Å²) < 4.78 is 0. The minimum Gasteiger partial charge on any atom is -0.344 e. The van der Waals surface area contributed by atoms with Crippen LogP contribution in [0.15, 0.2) is 54.6 Å². The monoisotopic (exact) mass is 310 g/mol. The second kappa shape index (κ2) is 7.60. The summed E-state index contributed by atoms with van der Waals surface area (Å²) in [6.07, 6.45) is 11.6. The number of rotatable bonds is 5. The van der Waals surface area contributed by atoms with Gasteiger partial charge in [-0.05, 0) is 24.3 Å². The molecule has 0 bridgehead atoms. The molecule has 3 heteroatoms. The van der Waals surface area contributed by atoms with E-state index in [4.69, 9.17) is 0 Å². The molecule has 0 saturated carbocycles. The van der Waals surface area contributed by atoms with Crippen molar-refractivity contribution in [3.05, 3.63) is 60.2 Å². The molecule has 0 radical (unpaired) electrons. The topological polar surface area (TPSA) is 23.6 Å². The van der Waals surface area contributed by atoms with Gasteiger partial charge in [0.2, 0.25) is 5.91 Å². The second-order valence-corrected chi connectivity index (χ2v) is 6.69. The normalized spacial score (nSPS) is 24.4. The third-order valence-corrected chi connectivity index (χ3v) is 4.88. The fourth-order valence-electron chi connectivity index (χ4n) is 3.52. The summed E-state index contributed by atoms with van der Waals surface area (Å²) in [4.78, 5) is 16.3. The molecule has 0 spiro atoms. The maximum atomic E-state index is 11.8. The molecule has 1 heterocycles. The first-order chi connectivity index (χ1) is 11.2. The van der Waals surface area contributed by atoms with Gasteiger partial charge in [-0.15, -0.1) is 0 Å². The number of carbonyl (C=O) groups excluding carboxylic acids is 1. The summed E-state index contributed by atoms with van der Waals surface area (Å²) in [7, 11) is 1.93. The highest BCUT2D eigenvalue weighted by molar-refractivity contribution is 5.76. The highest BCUT2D eigenvalue weighted by atomic mass is 16.2. The predicted octanol–water partition coefficient (Wildman–Crippen LogP) is 3.24. The summed E-state index contributed by atoms with van der Waals surface area (Å²) in [5, 5.41) is 0. The molecule has 0 N–H and O–H groups in total. The van der Waals surface area contributed by atoms with E-state index in [1.54, 1.807) is 0 Å². The second-order valence-electron chi connectivity index (χ2n) is 6.69. The Morgan fingerprint density at radius 1 is 1.22 bits per heavy atom. The fourth-order valence-corrected chi connectivity index (χ4v) is 3.52. The number of benzene rings is 1. The third-order valence-electron chi connectivity index (χ3n) is 4.88. The van der Waals surface area contributed by atoms with Crippen LogP contribution in [0, 0.1) is 5.92 Å². The van der Waals surface area contributed by atoms with Gasteiger partial charge in [-0.2, -0.15) is 0 Å². The van der Waals surface area contributed by atoms with Crippen molar-refractivity contribution in [1.29, 1.82) is 0 Å². The van der Waals surface area contributed by atoms with Gasteiger partial charge in [0.1, 0.15) is 0 Å². The van der Waals surface area contributed by atoms with E-state index in [2.05, 4.69) is 59.5 Å². The molecule has 0 aromatic heterocycles. The van der Waals surface area contributed by atoms with Crippen LogP contribution in [0.2, 0.25) is 0 Å². The van der Waals surface area contributed by atoms with E-state index in [0.717, 1.165) is 32.5 Å². The summed E-state index contributed by atoms with van der Waals surface area (Å²) in [5.41, 5.74) is 1.35. The zero-order valence-corrected chi connectivity index (χ0v) is 13.9. The van der Waals surface area contributed by atoms with Crippen LogP contribution in [0.4, 0.5) is 0 Å².